The van der Waals surface area contributed by atoms with E-state index in [0.29, 0.717) is 0 Å². The molecule has 2 unspecified atom stereocenters. The lowest BCUT2D eigenvalue weighted by Crippen LogP contribution is -2.27. The summed E-state index contributed by atoms with van der Waals surface area (Å²) in [6, 6.07) is 9.37. The van der Waals surface area contributed by atoms with Gasteiger partial charge < -0.3 is 4.74 Å². The van der Waals surface area contributed by atoms with Crippen molar-refractivity contribution >= 4 is 11.8 Å². The average Bonchev–Trinajstić information content (AvgIpc) is 3.00. The molecule has 1 aromatic carbocycles. The minimum Gasteiger partial charge on any atom is -0.497 e. The number of ether oxygens (including phenoxy) is 1. The Morgan fingerprint density at radius 3 is 2.83 bits per heavy atom. The summed E-state index contributed by atoms with van der Waals surface area (Å²) in [6.45, 7) is 2.66. The normalized spacial score (nSPS) is 27.4. The fourth-order valence-electron chi connectivity index (χ4n) is 3.16. The highest BCUT2D eigenvalue weighted by atomic mass is 32.2. The summed E-state index contributed by atoms with van der Waals surface area (Å²) in [6.07, 6.45) is 4.20. The first-order valence-corrected chi connectivity index (χ1v) is 7.90. The van der Waals surface area contributed by atoms with Crippen LogP contribution in [0, 0.1) is 0 Å². The molecule has 3 heteroatoms. The first kappa shape index (κ1) is 12.4. The number of nitrogens with zero attached hydrogens (tertiary/aromatic N) is 1. The van der Waals surface area contributed by atoms with Crippen LogP contribution in [0.5, 0.6) is 5.75 Å². The lowest BCUT2D eigenvalue weighted by Gasteiger charge is -2.19. The van der Waals surface area contributed by atoms with Gasteiger partial charge in [0.2, 0.25) is 0 Å². The van der Waals surface area contributed by atoms with E-state index in [1.807, 2.05) is 0 Å². The molecule has 0 N–H and O–H groups in total. The minimum atomic E-state index is 0.856. The number of methoxy groups -OCH3 is 1. The molecular weight excluding hydrogens is 242 g/mol. The SMILES string of the molecule is COc1ccc(CSC2CCN3CCCC23)cc1. The van der Waals surface area contributed by atoms with E-state index in [9.17, 15) is 0 Å². The predicted molar refractivity (Wildman–Crippen MR) is 77.3 cm³/mol. The standard InChI is InChI=1S/C15H21NOS/c1-17-13-6-4-12(5-7-13)11-18-15-8-10-16-9-2-3-14(15)16/h4-7,14-15H,2-3,8-11H2,1H3. The number of fused-ring (bicyclic) bond motifs is 1. The van der Waals surface area contributed by atoms with Gasteiger partial charge >= 0.3 is 0 Å². The Kier molecular flexibility index (Phi) is 3.80. The quantitative estimate of drug-likeness (QED) is 0.828. The molecule has 0 radical (unpaired) electrons. The minimum absolute atomic E-state index is 0.856. The van der Waals surface area contributed by atoms with Gasteiger partial charge in [-0.05, 0) is 50.0 Å². The van der Waals surface area contributed by atoms with Crippen molar-refractivity contribution in [1.29, 1.82) is 0 Å². The predicted octanol–water partition coefficient (Wildman–Crippen LogP) is 3.17. The summed E-state index contributed by atoms with van der Waals surface area (Å²) in [5.74, 6) is 2.09. The first-order valence-electron chi connectivity index (χ1n) is 6.85. The highest BCUT2D eigenvalue weighted by molar-refractivity contribution is 7.99. The fourth-order valence-corrected chi connectivity index (χ4v) is 4.56. The van der Waals surface area contributed by atoms with Gasteiger partial charge in [0.1, 0.15) is 5.75 Å². The molecular formula is C15H21NOS. The molecule has 0 amide bonds. The van der Waals surface area contributed by atoms with Crippen LogP contribution in [0.2, 0.25) is 0 Å². The molecule has 18 heavy (non-hydrogen) atoms. The summed E-state index contributed by atoms with van der Waals surface area (Å²) in [5, 5.41) is 0.856. The Morgan fingerprint density at radius 2 is 2.06 bits per heavy atom. The molecule has 2 nitrogen and oxygen atoms in total. The summed E-state index contributed by atoms with van der Waals surface area (Å²) in [5.41, 5.74) is 1.41. The van der Waals surface area contributed by atoms with Crippen LogP contribution in [-0.2, 0) is 5.75 Å². The van der Waals surface area contributed by atoms with Crippen LogP contribution in [0.3, 0.4) is 0 Å². The second-order valence-electron chi connectivity index (χ2n) is 5.23. The highest BCUT2D eigenvalue weighted by Gasteiger charge is 2.36. The Bertz CT molecular complexity index is 392. The average molecular weight is 263 g/mol. The Hall–Kier alpha value is -0.670. The molecule has 2 aliphatic heterocycles. The summed E-state index contributed by atoms with van der Waals surface area (Å²) < 4.78 is 5.19. The van der Waals surface area contributed by atoms with Gasteiger partial charge in [-0.2, -0.15) is 11.8 Å². The molecule has 2 aliphatic rings. The van der Waals surface area contributed by atoms with Crippen LogP contribution >= 0.6 is 11.8 Å². The molecule has 0 saturated carbocycles. The third kappa shape index (κ3) is 2.52. The topological polar surface area (TPSA) is 12.5 Å². The number of rotatable bonds is 4. The van der Waals surface area contributed by atoms with Gasteiger partial charge in [0.15, 0.2) is 0 Å². The molecule has 0 aromatic heterocycles. The van der Waals surface area contributed by atoms with Crippen LogP contribution in [-0.4, -0.2) is 36.4 Å². The Labute approximate surface area is 114 Å². The maximum atomic E-state index is 5.19. The molecule has 1 aromatic rings. The second-order valence-corrected chi connectivity index (χ2v) is 6.46. The van der Waals surface area contributed by atoms with Crippen LogP contribution in [0.1, 0.15) is 24.8 Å². The maximum absolute atomic E-state index is 5.19. The lowest BCUT2D eigenvalue weighted by molar-refractivity contribution is 0.327. The molecule has 2 saturated heterocycles. The molecule has 98 valence electrons. The number of hydrogen-bond acceptors (Lipinski definition) is 3. The molecule has 0 spiro atoms. The molecule has 0 bridgehead atoms. The molecule has 2 atom stereocenters. The Balaban J connectivity index is 1.54. The van der Waals surface area contributed by atoms with Gasteiger partial charge in [0.05, 0.1) is 7.11 Å². The van der Waals surface area contributed by atoms with E-state index in [1.165, 1.54) is 37.9 Å². The lowest BCUT2D eigenvalue weighted by atomic mass is 10.1. The molecule has 0 aliphatic carbocycles. The van der Waals surface area contributed by atoms with Gasteiger partial charge in [0, 0.05) is 17.0 Å². The van der Waals surface area contributed by atoms with Gasteiger partial charge in [-0.15, -0.1) is 0 Å². The Morgan fingerprint density at radius 1 is 1.22 bits per heavy atom. The second kappa shape index (κ2) is 5.54. The van der Waals surface area contributed by atoms with Gasteiger partial charge in [-0.3, -0.25) is 4.90 Å². The highest BCUT2D eigenvalue weighted by Crippen LogP contribution is 2.36. The molecule has 3 rings (SSSR count). The van der Waals surface area contributed by atoms with Crippen molar-refractivity contribution in [3.05, 3.63) is 29.8 Å². The molecule has 2 heterocycles. The van der Waals surface area contributed by atoms with Gasteiger partial charge in [0.25, 0.3) is 0 Å². The van der Waals surface area contributed by atoms with Crippen molar-refractivity contribution in [1.82, 2.24) is 4.90 Å². The summed E-state index contributed by atoms with van der Waals surface area (Å²) in [4.78, 5) is 2.69. The van der Waals surface area contributed by atoms with E-state index in [1.54, 1.807) is 7.11 Å². The van der Waals surface area contributed by atoms with E-state index in [2.05, 4.69) is 40.9 Å². The van der Waals surface area contributed by atoms with Crippen LogP contribution in [0.25, 0.3) is 0 Å². The van der Waals surface area contributed by atoms with Crippen molar-refractivity contribution in [3.63, 3.8) is 0 Å². The van der Waals surface area contributed by atoms with E-state index < -0.39 is 0 Å². The van der Waals surface area contributed by atoms with Crippen molar-refractivity contribution in [2.24, 2.45) is 0 Å². The largest absolute Gasteiger partial charge is 0.497 e. The first-order chi connectivity index (χ1) is 8.86. The third-order valence-corrected chi connectivity index (χ3v) is 5.65. The smallest absolute Gasteiger partial charge is 0.118 e. The van der Waals surface area contributed by atoms with Crippen molar-refractivity contribution < 1.29 is 4.74 Å². The zero-order valence-corrected chi connectivity index (χ0v) is 11.8. The number of thioether (sulfide) groups is 1. The van der Waals surface area contributed by atoms with Crippen LogP contribution in [0.4, 0.5) is 0 Å². The summed E-state index contributed by atoms with van der Waals surface area (Å²) >= 11 is 2.14. The molecule has 2 fully saturated rings. The van der Waals surface area contributed by atoms with Gasteiger partial charge in [-0.1, -0.05) is 12.1 Å². The van der Waals surface area contributed by atoms with E-state index in [4.69, 9.17) is 4.74 Å². The maximum Gasteiger partial charge on any atom is 0.118 e. The number of hydrogen-bond donors (Lipinski definition) is 0. The van der Waals surface area contributed by atoms with Crippen molar-refractivity contribution in [2.75, 3.05) is 20.2 Å². The fraction of sp³-hybridized carbons (Fsp3) is 0.600. The van der Waals surface area contributed by atoms with Crippen LogP contribution in [0.15, 0.2) is 24.3 Å². The monoisotopic (exact) mass is 263 g/mol. The van der Waals surface area contributed by atoms with E-state index in [-0.39, 0.29) is 0 Å². The van der Waals surface area contributed by atoms with Crippen molar-refractivity contribution in [3.8, 4) is 5.75 Å². The van der Waals surface area contributed by atoms with Gasteiger partial charge in [-0.25, -0.2) is 0 Å². The van der Waals surface area contributed by atoms with E-state index in [0.717, 1.165) is 22.8 Å². The number of benzene rings is 1. The van der Waals surface area contributed by atoms with Crippen molar-refractivity contribution in [2.45, 2.75) is 36.3 Å². The zero-order chi connectivity index (χ0) is 12.4. The zero-order valence-electron chi connectivity index (χ0n) is 11.0. The third-order valence-electron chi connectivity index (χ3n) is 4.17. The van der Waals surface area contributed by atoms with Crippen LogP contribution < -0.4 is 4.74 Å². The summed E-state index contributed by atoms with van der Waals surface area (Å²) in [7, 11) is 1.72. The van der Waals surface area contributed by atoms with E-state index >= 15 is 0 Å².